The number of halogens is 1. The number of anilines is 1. The number of hydrogen-bond donors (Lipinski definition) is 3. The van der Waals surface area contributed by atoms with Gasteiger partial charge in [-0.15, -0.1) is 0 Å². The number of benzene rings is 1. The molecule has 1 amide bonds. The third kappa shape index (κ3) is 3.75. The molecule has 1 aliphatic rings. The lowest BCUT2D eigenvalue weighted by molar-refractivity contribution is -0.117. The van der Waals surface area contributed by atoms with Crippen LogP contribution in [0.3, 0.4) is 0 Å². The summed E-state index contributed by atoms with van der Waals surface area (Å²) < 4.78 is 13.2. The van der Waals surface area contributed by atoms with Crippen LogP contribution in [0.1, 0.15) is 10.4 Å². The highest BCUT2D eigenvalue weighted by Crippen LogP contribution is 2.14. The molecule has 7 heteroatoms. The Bertz CT molecular complexity index is 516. The number of nitrogens with zero attached hydrogens (tertiary/aromatic N) is 1. The number of carbonyl (C=O) groups is 2. The first-order valence-electron chi connectivity index (χ1n) is 6.32. The second-order valence-corrected chi connectivity index (χ2v) is 4.57. The summed E-state index contributed by atoms with van der Waals surface area (Å²) >= 11 is 0. The van der Waals surface area contributed by atoms with E-state index in [2.05, 4.69) is 10.6 Å². The summed E-state index contributed by atoms with van der Waals surface area (Å²) in [6.07, 6.45) is 0. The van der Waals surface area contributed by atoms with Crippen molar-refractivity contribution in [1.82, 2.24) is 10.2 Å². The van der Waals surface area contributed by atoms with Gasteiger partial charge in [-0.3, -0.25) is 9.69 Å². The number of aromatic carboxylic acids is 1. The van der Waals surface area contributed by atoms with Crippen molar-refractivity contribution in [3.05, 3.63) is 29.6 Å². The molecule has 20 heavy (non-hydrogen) atoms. The van der Waals surface area contributed by atoms with E-state index >= 15 is 0 Å². The zero-order chi connectivity index (χ0) is 14.5. The average molecular weight is 281 g/mol. The Morgan fingerprint density at radius 2 is 2.05 bits per heavy atom. The molecule has 1 aliphatic heterocycles. The van der Waals surface area contributed by atoms with Crippen molar-refractivity contribution in [1.29, 1.82) is 0 Å². The first kappa shape index (κ1) is 14.4. The van der Waals surface area contributed by atoms with E-state index in [-0.39, 0.29) is 18.1 Å². The van der Waals surface area contributed by atoms with E-state index in [1.54, 1.807) is 0 Å². The molecule has 0 saturated carbocycles. The summed E-state index contributed by atoms with van der Waals surface area (Å²) in [5, 5.41) is 14.6. The molecule has 0 atom stereocenters. The minimum atomic E-state index is -1.36. The first-order chi connectivity index (χ1) is 9.56. The third-order valence-corrected chi connectivity index (χ3v) is 3.06. The minimum absolute atomic E-state index is 0.238. The number of nitrogens with one attached hydrogen (secondary N) is 2. The molecule has 1 fully saturated rings. The molecule has 0 unspecified atom stereocenters. The molecular formula is C13H16FN3O3. The highest BCUT2D eigenvalue weighted by atomic mass is 19.1. The van der Waals surface area contributed by atoms with Crippen LogP contribution in [-0.2, 0) is 4.79 Å². The maximum absolute atomic E-state index is 13.2. The molecule has 0 bridgehead atoms. The van der Waals surface area contributed by atoms with E-state index in [0.717, 1.165) is 38.3 Å². The molecule has 1 aromatic carbocycles. The Balaban J connectivity index is 1.96. The predicted octanol–water partition coefficient (Wildman–Crippen LogP) is 0.368. The zero-order valence-corrected chi connectivity index (χ0v) is 10.9. The second-order valence-electron chi connectivity index (χ2n) is 4.57. The molecule has 2 rings (SSSR count). The van der Waals surface area contributed by atoms with Crippen LogP contribution in [0.25, 0.3) is 0 Å². The number of amides is 1. The van der Waals surface area contributed by atoms with Gasteiger partial charge in [-0.05, 0) is 18.2 Å². The van der Waals surface area contributed by atoms with Gasteiger partial charge >= 0.3 is 5.97 Å². The number of carboxylic acid groups (broad SMARTS) is 1. The van der Waals surface area contributed by atoms with Crippen molar-refractivity contribution in [2.75, 3.05) is 38.0 Å². The lowest BCUT2D eigenvalue weighted by Crippen LogP contribution is -2.46. The van der Waals surface area contributed by atoms with Crippen molar-refractivity contribution in [3.8, 4) is 0 Å². The summed E-state index contributed by atoms with van der Waals surface area (Å²) in [5.41, 5.74) is -0.172. The van der Waals surface area contributed by atoms with Crippen molar-refractivity contribution in [2.45, 2.75) is 0 Å². The number of hydrogen-bond acceptors (Lipinski definition) is 4. The average Bonchev–Trinajstić information content (AvgIpc) is 2.41. The molecule has 0 aliphatic carbocycles. The number of carbonyl (C=O) groups excluding carboxylic acids is 1. The predicted molar refractivity (Wildman–Crippen MR) is 71.3 cm³/mol. The van der Waals surface area contributed by atoms with Gasteiger partial charge in [0, 0.05) is 31.9 Å². The van der Waals surface area contributed by atoms with Crippen LogP contribution in [0.4, 0.5) is 10.1 Å². The van der Waals surface area contributed by atoms with Crippen LogP contribution in [0, 0.1) is 5.82 Å². The van der Waals surface area contributed by atoms with Crippen molar-refractivity contribution >= 4 is 17.6 Å². The lowest BCUT2D eigenvalue weighted by atomic mass is 10.2. The van der Waals surface area contributed by atoms with Crippen LogP contribution < -0.4 is 10.6 Å². The summed E-state index contributed by atoms with van der Waals surface area (Å²) in [5.74, 6) is -2.42. The quantitative estimate of drug-likeness (QED) is 0.743. The monoisotopic (exact) mass is 281 g/mol. The summed E-state index contributed by atoms with van der Waals surface area (Å²) in [6.45, 7) is 3.50. The fraction of sp³-hybridized carbons (Fsp3) is 0.385. The van der Waals surface area contributed by atoms with E-state index in [1.807, 2.05) is 4.90 Å². The molecule has 0 aromatic heterocycles. The SMILES string of the molecule is O=C(CN1CCNCC1)Nc1ccc(F)c(C(=O)O)c1. The van der Waals surface area contributed by atoms with Gasteiger partial charge in [0.25, 0.3) is 0 Å². The highest BCUT2D eigenvalue weighted by Gasteiger charge is 2.15. The zero-order valence-electron chi connectivity index (χ0n) is 10.9. The van der Waals surface area contributed by atoms with E-state index in [9.17, 15) is 14.0 Å². The van der Waals surface area contributed by atoms with Crippen LogP contribution in [0.5, 0.6) is 0 Å². The minimum Gasteiger partial charge on any atom is -0.478 e. The molecular weight excluding hydrogens is 265 g/mol. The molecule has 3 N–H and O–H groups in total. The van der Waals surface area contributed by atoms with Gasteiger partial charge in [0.05, 0.1) is 12.1 Å². The number of rotatable bonds is 4. The van der Waals surface area contributed by atoms with Crippen LogP contribution in [0.2, 0.25) is 0 Å². The summed E-state index contributed by atoms with van der Waals surface area (Å²) in [7, 11) is 0. The van der Waals surface area contributed by atoms with Gasteiger partial charge in [-0.25, -0.2) is 9.18 Å². The van der Waals surface area contributed by atoms with E-state index in [4.69, 9.17) is 5.11 Å². The number of carboxylic acids is 1. The highest BCUT2D eigenvalue weighted by molar-refractivity contribution is 5.94. The van der Waals surface area contributed by atoms with Crippen molar-refractivity contribution < 1.29 is 19.1 Å². The van der Waals surface area contributed by atoms with Gasteiger partial charge in [0.15, 0.2) is 0 Å². The second kappa shape index (κ2) is 6.44. The smallest absolute Gasteiger partial charge is 0.338 e. The van der Waals surface area contributed by atoms with Gasteiger partial charge in [-0.1, -0.05) is 0 Å². The Hall–Kier alpha value is -1.99. The van der Waals surface area contributed by atoms with Crippen LogP contribution in [0.15, 0.2) is 18.2 Å². The molecule has 1 aromatic rings. The molecule has 0 radical (unpaired) electrons. The normalized spacial score (nSPS) is 15.8. The summed E-state index contributed by atoms with van der Waals surface area (Å²) in [6, 6.07) is 3.49. The number of piperazine rings is 1. The van der Waals surface area contributed by atoms with E-state index < -0.39 is 17.3 Å². The fourth-order valence-electron chi connectivity index (χ4n) is 2.04. The van der Waals surface area contributed by atoms with Gasteiger partial charge in [0.1, 0.15) is 5.82 Å². The maximum atomic E-state index is 13.2. The Morgan fingerprint density at radius 1 is 1.35 bits per heavy atom. The van der Waals surface area contributed by atoms with Gasteiger partial charge in [-0.2, -0.15) is 0 Å². The Labute approximate surface area is 115 Å². The first-order valence-corrected chi connectivity index (χ1v) is 6.32. The van der Waals surface area contributed by atoms with Crippen molar-refractivity contribution in [2.24, 2.45) is 0 Å². The third-order valence-electron chi connectivity index (χ3n) is 3.06. The largest absolute Gasteiger partial charge is 0.478 e. The van der Waals surface area contributed by atoms with E-state index in [0.29, 0.717) is 0 Å². The molecule has 108 valence electrons. The van der Waals surface area contributed by atoms with Crippen LogP contribution in [-0.4, -0.2) is 54.6 Å². The Kier molecular flexibility index (Phi) is 4.65. The van der Waals surface area contributed by atoms with Gasteiger partial charge < -0.3 is 15.7 Å². The fourth-order valence-corrected chi connectivity index (χ4v) is 2.04. The molecule has 1 heterocycles. The van der Waals surface area contributed by atoms with Gasteiger partial charge in [0.2, 0.25) is 5.91 Å². The lowest BCUT2D eigenvalue weighted by Gasteiger charge is -2.26. The van der Waals surface area contributed by atoms with Crippen molar-refractivity contribution in [3.63, 3.8) is 0 Å². The van der Waals surface area contributed by atoms with Crippen LogP contribution >= 0.6 is 0 Å². The summed E-state index contributed by atoms with van der Waals surface area (Å²) in [4.78, 5) is 24.6. The standard InChI is InChI=1S/C13H16FN3O3/c14-11-2-1-9(7-10(11)13(19)20)16-12(18)8-17-5-3-15-4-6-17/h1-2,7,15H,3-6,8H2,(H,16,18)(H,19,20). The maximum Gasteiger partial charge on any atom is 0.338 e. The molecule has 1 saturated heterocycles. The Morgan fingerprint density at radius 3 is 2.70 bits per heavy atom. The molecule has 6 nitrogen and oxygen atoms in total. The van der Waals surface area contributed by atoms with E-state index in [1.165, 1.54) is 6.07 Å². The topological polar surface area (TPSA) is 81.7 Å². The molecule has 0 spiro atoms.